The number of amides is 2. The minimum Gasteiger partial charge on any atom is -0.384 e. The van der Waals surface area contributed by atoms with E-state index < -0.39 is 17.4 Å². The van der Waals surface area contributed by atoms with E-state index in [0.29, 0.717) is 11.4 Å². The Balaban J connectivity index is 1.58. The molecule has 3 N–H and O–H groups in total. The molecule has 0 saturated carbocycles. The maximum atomic E-state index is 13.3. The number of benzene rings is 1. The van der Waals surface area contributed by atoms with Gasteiger partial charge in [-0.25, -0.2) is 9.18 Å². The van der Waals surface area contributed by atoms with Gasteiger partial charge in [-0.1, -0.05) is 12.1 Å². The van der Waals surface area contributed by atoms with E-state index in [2.05, 4.69) is 20.6 Å². The molecule has 1 unspecified atom stereocenters. The molecule has 0 saturated heterocycles. The van der Waals surface area contributed by atoms with Crippen LogP contribution in [0.4, 0.5) is 15.0 Å². The van der Waals surface area contributed by atoms with Crippen LogP contribution >= 0.6 is 0 Å². The van der Waals surface area contributed by atoms with Crippen molar-refractivity contribution in [3.63, 3.8) is 0 Å². The second-order valence-corrected chi connectivity index (χ2v) is 6.57. The Bertz CT molecular complexity index is 774. The number of carbonyl (C=O) groups excluding carboxylic acids is 1. The van der Waals surface area contributed by atoms with Crippen molar-refractivity contribution in [3.05, 3.63) is 47.4 Å². The maximum Gasteiger partial charge on any atom is 0.320 e. The van der Waals surface area contributed by atoms with Crippen LogP contribution in [0.25, 0.3) is 0 Å². The van der Waals surface area contributed by atoms with Gasteiger partial charge in [-0.15, -0.1) is 0 Å². The molecular formula is C17H22FN5O2. The molecular weight excluding hydrogens is 325 g/mol. The third-order valence-corrected chi connectivity index (χ3v) is 4.27. The van der Waals surface area contributed by atoms with Crippen LogP contribution in [-0.4, -0.2) is 46.0 Å². The van der Waals surface area contributed by atoms with Crippen LogP contribution in [0.1, 0.15) is 18.2 Å². The zero-order chi connectivity index (χ0) is 18.0. The molecule has 1 aliphatic heterocycles. The predicted octanol–water partition coefficient (Wildman–Crippen LogP) is 1.50. The van der Waals surface area contributed by atoms with E-state index in [4.69, 9.17) is 0 Å². The van der Waals surface area contributed by atoms with Gasteiger partial charge in [-0.3, -0.25) is 14.9 Å². The number of anilines is 1. The summed E-state index contributed by atoms with van der Waals surface area (Å²) in [5.74, 6) is 0.0315. The highest BCUT2D eigenvalue weighted by Gasteiger charge is 2.24. The molecule has 1 aliphatic rings. The minimum absolute atomic E-state index is 0.0570. The molecule has 2 heterocycles. The summed E-state index contributed by atoms with van der Waals surface area (Å²) >= 11 is 0. The molecule has 25 heavy (non-hydrogen) atoms. The van der Waals surface area contributed by atoms with Gasteiger partial charge in [0.2, 0.25) is 0 Å². The lowest BCUT2D eigenvalue weighted by Crippen LogP contribution is -2.40. The molecule has 0 fully saturated rings. The van der Waals surface area contributed by atoms with Crippen molar-refractivity contribution in [2.75, 3.05) is 25.5 Å². The summed E-state index contributed by atoms with van der Waals surface area (Å²) in [7, 11) is 2.03. The van der Waals surface area contributed by atoms with Gasteiger partial charge >= 0.3 is 6.03 Å². The Hall–Kier alpha value is -2.45. The van der Waals surface area contributed by atoms with Crippen molar-refractivity contribution < 1.29 is 14.3 Å². The molecule has 3 rings (SSSR count). The Morgan fingerprint density at radius 2 is 2.20 bits per heavy atom. The monoisotopic (exact) mass is 347 g/mol. The number of fused-ring (bicyclic) bond motifs is 1. The molecule has 0 radical (unpaired) electrons. The fourth-order valence-electron chi connectivity index (χ4n) is 2.80. The van der Waals surface area contributed by atoms with Gasteiger partial charge in [0.05, 0.1) is 18.8 Å². The predicted molar refractivity (Wildman–Crippen MR) is 91.6 cm³/mol. The van der Waals surface area contributed by atoms with E-state index >= 15 is 0 Å². The van der Waals surface area contributed by atoms with Crippen LogP contribution in [0.3, 0.4) is 0 Å². The van der Waals surface area contributed by atoms with Gasteiger partial charge in [0.1, 0.15) is 11.4 Å². The lowest BCUT2D eigenvalue weighted by molar-refractivity contribution is 0.0596. The van der Waals surface area contributed by atoms with Crippen LogP contribution in [0, 0.1) is 5.82 Å². The van der Waals surface area contributed by atoms with Gasteiger partial charge in [0.15, 0.2) is 5.82 Å². The van der Waals surface area contributed by atoms with Crippen molar-refractivity contribution >= 4 is 11.8 Å². The Labute approximate surface area is 145 Å². The number of rotatable bonds is 4. The number of nitrogens with one attached hydrogen (secondary N) is 2. The Morgan fingerprint density at radius 1 is 1.40 bits per heavy atom. The summed E-state index contributed by atoms with van der Waals surface area (Å²) in [6.45, 7) is 3.94. The molecule has 0 aliphatic carbocycles. The van der Waals surface area contributed by atoms with Crippen LogP contribution in [0.2, 0.25) is 0 Å². The van der Waals surface area contributed by atoms with E-state index in [0.717, 1.165) is 25.3 Å². The molecule has 0 spiro atoms. The fraction of sp³-hybridized carbons (Fsp3) is 0.412. The van der Waals surface area contributed by atoms with Crippen LogP contribution < -0.4 is 10.6 Å². The first-order chi connectivity index (χ1) is 11.8. The van der Waals surface area contributed by atoms with Crippen LogP contribution in [0.15, 0.2) is 30.3 Å². The van der Waals surface area contributed by atoms with Crippen molar-refractivity contribution in [3.8, 4) is 0 Å². The number of likely N-dealkylation sites (N-methyl/N-ethyl adjacent to an activating group) is 1. The highest BCUT2D eigenvalue weighted by atomic mass is 19.1. The second-order valence-electron chi connectivity index (χ2n) is 6.57. The summed E-state index contributed by atoms with van der Waals surface area (Å²) in [4.78, 5) is 14.2. The average molecular weight is 347 g/mol. The summed E-state index contributed by atoms with van der Waals surface area (Å²) < 4.78 is 15.2. The SMILES string of the molecule is CN1CCn2nc(NC(=O)NCC(C)(O)c3cccc(F)c3)cc2C1. The van der Waals surface area contributed by atoms with E-state index in [9.17, 15) is 14.3 Å². The van der Waals surface area contributed by atoms with Crippen molar-refractivity contribution in [2.45, 2.75) is 25.6 Å². The van der Waals surface area contributed by atoms with E-state index in [1.807, 2.05) is 17.8 Å². The largest absolute Gasteiger partial charge is 0.384 e. The Morgan fingerprint density at radius 3 is 2.96 bits per heavy atom. The first-order valence-electron chi connectivity index (χ1n) is 8.12. The lowest BCUT2D eigenvalue weighted by atomic mass is 9.96. The van der Waals surface area contributed by atoms with Crippen molar-refractivity contribution in [1.29, 1.82) is 0 Å². The zero-order valence-corrected chi connectivity index (χ0v) is 14.3. The smallest absolute Gasteiger partial charge is 0.320 e. The van der Waals surface area contributed by atoms with Crippen molar-refractivity contribution in [2.24, 2.45) is 0 Å². The average Bonchev–Trinajstić information content (AvgIpc) is 2.94. The number of hydrogen-bond donors (Lipinski definition) is 3. The number of aromatic nitrogens is 2. The summed E-state index contributed by atoms with van der Waals surface area (Å²) in [6, 6.07) is 7.05. The normalized spacial score (nSPS) is 16.8. The molecule has 134 valence electrons. The molecule has 1 aromatic carbocycles. The van der Waals surface area contributed by atoms with Gasteiger partial charge in [-0.2, -0.15) is 5.10 Å². The molecule has 7 nitrogen and oxygen atoms in total. The first kappa shape index (κ1) is 17.4. The molecule has 1 atom stereocenters. The molecule has 0 bridgehead atoms. The number of aliphatic hydroxyl groups is 1. The molecule has 2 aromatic rings. The minimum atomic E-state index is -1.38. The van der Waals surface area contributed by atoms with Gasteiger partial charge in [0.25, 0.3) is 0 Å². The lowest BCUT2D eigenvalue weighted by Gasteiger charge is -2.24. The standard InChI is InChI=1S/C17H22FN5O2/c1-17(25,12-4-3-5-13(18)8-12)11-19-16(24)20-15-9-14-10-22(2)6-7-23(14)21-15/h3-5,8-9,25H,6-7,10-11H2,1-2H3,(H2,19,20,21,24). The van der Waals surface area contributed by atoms with Crippen LogP contribution in [-0.2, 0) is 18.7 Å². The summed E-state index contributed by atoms with van der Waals surface area (Å²) in [5.41, 5.74) is 0.0550. The van der Waals surface area contributed by atoms with Gasteiger partial charge < -0.3 is 10.4 Å². The number of carbonyl (C=O) groups is 1. The third kappa shape index (κ3) is 4.15. The van der Waals surface area contributed by atoms with Gasteiger partial charge in [-0.05, 0) is 31.7 Å². The van der Waals surface area contributed by atoms with E-state index in [1.54, 1.807) is 6.07 Å². The Kier molecular flexibility index (Phi) is 4.73. The van der Waals surface area contributed by atoms with Gasteiger partial charge in [0, 0.05) is 19.2 Å². The van der Waals surface area contributed by atoms with Crippen LogP contribution in [0.5, 0.6) is 0 Å². The quantitative estimate of drug-likeness (QED) is 0.783. The number of hydrogen-bond acceptors (Lipinski definition) is 4. The van der Waals surface area contributed by atoms with E-state index in [1.165, 1.54) is 25.1 Å². The number of nitrogens with zero attached hydrogens (tertiary/aromatic N) is 3. The van der Waals surface area contributed by atoms with E-state index in [-0.39, 0.29) is 6.54 Å². The second kappa shape index (κ2) is 6.81. The molecule has 8 heteroatoms. The summed E-state index contributed by atoms with van der Waals surface area (Å²) in [6.07, 6.45) is 0. The fourth-order valence-corrected chi connectivity index (χ4v) is 2.80. The first-order valence-corrected chi connectivity index (χ1v) is 8.12. The number of halogens is 1. The van der Waals surface area contributed by atoms with Crippen molar-refractivity contribution in [1.82, 2.24) is 20.0 Å². The third-order valence-electron chi connectivity index (χ3n) is 4.27. The molecule has 2 amide bonds. The highest BCUT2D eigenvalue weighted by Crippen LogP contribution is 2.20. The number of urea groups is 1. The zero-order valence-electron chi connectivity index (χ0n) is 14.3. The topological polar surface area (TPSA) is 82.4 Å². The summed E-state index contributed by atoms with van der Waals surface area (Å²) in [5, 5.41) is 20.1. The molecule has 1 aromatic heterocycles. The maximum absolute atomic E-state index is 13.3. The highest BCUT2D eigenvalue weighted by molar-refractivity contribution is 5.88.